The Morgan fingerprint density at radius 3 is 2.93 bits per heavy atom. The number of rotatable bonds is 4. The lowest BCUT2D eigenvalue weighted by molar-refractivity contribution is 0.551. The zero-order chi connectivity index (χ0) is 10.4. The average Bonchev–Trinajstić information content (AvgIpc) is 2.19. The van der Waals surface area contributed by atoms with Crippen LogP contribution in [0.5, 0.6) is 0 Å². The van der Waals surface area contributed by atoms with E-state index < -0.39 is 0 Å². The van der Waals surface area contributed by atoms with Crippen LogP contribution in [0.15, 0.2) is 22.8 Å². The number of nitrogens with one attached hydrogen (secondary N) is 1. The summed E-state index contributed by atoms with van der Waals surface area (Å²) in [5, 5.41) is 3.30. The largest absolute Gasteiger partial charge is 0.308 e. The van der Waals surface area contributed by atoms with Gasteiger partial charge in [-0.1, -0.05) is 6.92 Å². The van der Waals surface area contributed by atoms with Crippen molar-refractivity contribution in [1.82, 2.24) is 10.3 Å². The molecule has 0 fully saturated rings. The van der Waals surface area contributed by atoms with Gasteiger partial charge in [0, 0.05) is 17.1 Å². The third kappa shape index (κ3) is 3.13. The molecule has 0 aliphatic rings. The number of hydrogen-bond donors (Lipinski definition) is 1. The molecule has 1 heterocycles. The summed E-state index contributed by atoms with van der Waals surface area (Å²) in [5.41, 5.74) is 0.994. The van der Waals surface area contributed by atoms with Crippen LogP contribution in [-0.4, -0.2) is 11.5 Å². The van der Waals surface area contributed by atoms with E-state index in [1.807, 2.05) is 12.1 Å². The van der Waals surface area contributed by atoms with Gasteiger partial charge in [-0.15, -0.1) is 12.3 Å². The minimum Gasteiger partial charge on any atom is -0.308 e. The lowest BCUT2D eigenvalue weighted by Crippen LogP contribution is -2.21. The molecule has 1 unspecified atom stereocenters. The van der Waals surface area contributed by atoms with Gasteiger partial charge in [0.25, 0.3) is 0 Å². The summed E-state index contributed by atoms with van der Waals surface area (Å²) in [6, 6.07) is 4.12. The van der Waals surface area contributed by atoms with Crippen LogP contribution in [-0.2, 0) is 0 Å². The fraction of sp³-hybridized carbons (Fsp3) is 0.364. The van der Waals surface area contributed by atoms with E-state index in [2.05, 4.69) is 39.1 Å². The third-order valence-electron chi connectivity index (χ3n) is 1.88. The number of hydrogen-bond acceptors (Lipinski definition) is 2. The predicted octanol–water partition coefficient (Wildman–Crippen LogP) is 2.52. The fourth-order valence-electron chi connectivity index (χ4n) is 1.24. The van der Waals surface area contributed by atoms with Gasteiger partial charge in [0.2, 0.25) is 0 Å². The van der Waals surface area contributed by atoms with Crippen molar-refractivity contribution < 1.29 is 0 Å². The molecule has 0 saturated carbocycles. The number of aromatic nitrogens is 1. The van der Waals surface area contributed by atoms with Gasteiger partial charge in [-0.3, -0.25) is 4.98 Å². The zero-order valence-electron chi connectivity index (χ0n) is 8.13. The molecule has 0 spiro atoms. The van der Waals surface area contributed by atoms with Crippen LogP contribution < -0.4 is 5.32 Å². The van der Waals surface area contributed by atoms with E-state index in [9.17, 15) is 0 Å². The van der Waals surface area contributed by atoms with Crippen LogP contribution in [0.1, 0.15) is 25.1 Å². The number of halogens is 1. The highest BCUT2D eigenvalue weighted by Gasteiger charge is 2.09. The summed E-state index contributed by atoms with van der Waals surface area (Å²) in [5.74, 6) is 2.65. The summed E-state index contributed by atoms with van der Waals surface area (Å²) in [6.45, 7) is 2.95. The molecule has 1 rings (SSSR count). The molecule has 0 bridgehead atoms. The van der Waals surface area contributed by atoms with Crippen molar-refractivity contribution in [3.8, 4) is 12.3 Å². The molecule has 1 atom stereocenters. The van der Waals surface area contributed by atoms with E-state index in [1.165, 1.54) is 0 Å². The molecule has 14 heavy (non-hydrogen) atoms. The highest BCUT2D eigenvalue weighted by Crippen LogP contribution is 2.16. The second-order valence-corrected chi connectivity index (χ2v) is 3.84. The highest BCUT2D eigenvalue weighted by molar-refractivity contribution is 9.10. The van der Waals surface area contributed by atoms with Crippen molar-refractivity contribution in [3.05, 3.63) is 28.5 Å². The summed E-state index contributed by atoms with van der Waals surface area (Å²) >= 11 is 3.35. The third-order valence-corrected chi connectivity index (χ3v) is 2.35. The SMILES string of the molecule is C#CCC(NCC)c1ccc(Br)cn1. The predicted molar refractivity (Wildman–Crippen MR) is 61.8 cm³/mol. The standard InChI is InChI=1S/C11H13BrN2/c1-3-5-10(13-4-2)11-7-6-9(12)8-14-11/h1,6-8,10,13H,4-5H2,2H3. The Hall–Kier alpha value is -0.850. The van der Waals surface area contributed by atoms with E-state index in [-0.39, 0.29) is 6.04 Å². The molecule has 0 saturated heterocycles. The second kappa shape index (κ2) is 5.79. The molecule has 0 aliphatic heterocycles. The lowest BCUT2D eigenvalue weighted by atomic mass is 10.1. The molecule has 0 radical (unpaired) electrons. The van der Waals surface area contributed by atoms with Crippen LogP contribution in [0.25, 0.3) is 0 Å². The quantitative estimate of drug-likeness (QED) is 0.834. The second-order valence-electron chi connectivity index (χ2n) is 2.92. The van der Waals surface area contributed by atoms with Crippen molar-refractivity contribution in [1.29, 1.82) is 0 Å². The summed E-state index contributed by atoms with van der Waals surface area (Å²) in [7, 11) is 0. The van der Waals surface area contributed by atoms with Crippen LogP contribution in [0, 0.1) is 12.3 Å². The smallest absolute Gasteiger partial charge is 0.0605 e. The maximum atomic E-state index is 5.30. The molecule has 1 aromatic heterocycles. The van der Waals surface area contributed by atoms with E-state index in [0.29, 0.717) is 6.42 Å². The van der Waals surface area contributed by atoms with E-state index in [0.717, 1.165) is 16.7 Å². The van der Waals surface area contributed by atoms with E-state index >= 15 is 0 Å². The van der Waals surface area contributed by atoms with Gasteiger partial charge < -0.3 is 5.32 Å². The van der Waals surface area contributed by atoms with Gasteiger partial charge in [-0.25, -0.2) is 0 Å². The maximum Gasteiger partial charge on any atom is 0.0605 e. The van der Waals surface area contributed by atoms with Crippen LogP contribution in [0.4, 0.5) is 0 Å². The molecule has 1 aromatic rings. The molecule has 0 amide bonds. The van der Waals surface area contributed by atoms with Gasteiger partial charge in [0.1, 0.15) is 0 Å². The topological polar surface area (TPSA) is 24.9 Å². The Kier molecular flexibility index (Phi) is 4.64. The molecule has 74 valence electrons. The first kappa shape index (κ1) is 11.2. The minimum absolute atomic E-state index is 0.165. The summed E-state index contributed by atoms with van der Waals surface area (Å²) in [6.07, 6.45) is 7.76. The fourth-order valence-corrected chi connectivity index (χ4v) is 1.47. The normalized spacial score (nSPS) is 12.1. The first-order valence-corrected chi connectivity index (χ1v) is 5.35. The monoisotopic (exact) mass is 252 g/mol. The Balaban J connectivity index is 2.77. The molecule has 1 N–H and O–H groups in total. The number of pyridine rings is 1. The van der Waals surface area contributed by atoms with E-state index in [1.54, 1.807) is 6.20 Å². The summed E-state index contributed by atoms with van der Waals surface area (Å²) in [4.78, 5) is 4.31. The number of nitrogens with zero attached hydrogens (tertiary/aromatic N) is 1. The molecule has 2 nitrogen and oxygen atoms in total. The van der Waals surface area contributed by atoms with Crippen LogP contribution >= 0.6 is 15.9 Å². The van der Waals surface area contributed by atoms with Crippen molar-refractivity contribution in [3.63, 3.8) is 0 Å². The molecule has 0 aromatic carbocycles. The lowest BCUT2D eigenvalue weighted by Gasteiger charge is -2.14. The number of terminal acetylenes is 1. The van der Waals surface area contributed by atoms with Gasteiger partial charge >= 0.3 is 0 Å². The first-order valence-electron chi connectivity index (χ1n) is 4.56. The van der Waals surface area contributed by atoms with E-state index in [4.69, 9.17) is 6.42 Å². The van der Waals surface area contributed by atoms with Crippen molar-refractivity contribution >= 4 is 15.9 Å². The average molecular weight is 253 g/mol. The van der Waals surface area contributed by atoms with Gasteiger partial charge in [0.15, 0.2) is 0 Å². The van der Waals surface area contributed by atoms with Crippen molar-refractivity contribution in [2.24, 2.45) is 0 Å². The zero-order valence-corrected chi connectivity index (χ0v) is 9.71. The van der Waals surface area contributed by atoms with Gasteiger partial charge in [0.05, 0.1) is 11.7 Å². The molecule has 3 heteroatoms. The minimum atomic E-state index is 0.165. The first-order chi connectivity index (χ1) is 6.77. The van der Waals surface area contributed by atoms with Crippen molar-refractivity contribution in [2.45, 2.75) is 19.4 Å². The maximum absolute atomic E-state index is 5.30. The van der Waals surface area contributed by atoms with Crippen LogP contribution in [0.3, 0.4) is 0 Å². The summed E-state index contributed by atoms with van der Waals surface area (Å²) < 4.78 is 0.984. The molecular weight excluding hydrogens is 240 g/mol. The Labute approximate surface area is 93.3 Å². The Bertz CT molecular complexity index is 313. The van der Waals surface area contributed by atoms with Crippen molar-refractivity contribution in [2.75, 3.05) is 6.54 Å². The molecular formula is C11H13BrN2. The van der Waals surface area contributed by atoms with Gasteiger partial charge in [-0.05, 0) is 34.6 Å². The van der Waals surface area contributed by atoms with Crippen LogP contribution in [0.2, 0.25) is 0 Å². The Morgan fingerprint density at radius 2 is 2.43 bits per heavy atom. The molecule has 0 aliphatic carbocycles. The highest BCUT2D eigenvalue weighted by atomic mass is 79.9. The van der Waals surface area contributed by atoms with Gasteiger partial charge in [-0.2, -0.15) is 0 Å². The Morgan fingerprint density at radius 1 is 1.64 bits per heavy atom.